The maximum atomic E-state index is 13.8. The van der Waals surface area contributed by atoms with Crippen molar-refractivity contribution >= 4 is 57.9 Å². The van der Waals surface area contributed by atoms with E-state index in [9.17, 15) is 29.3 Å². The minimum atomic E-state index is -0.898. The Bertz CT molecular complexity index is 1730. The zero-order chi connectivity index (χ0) is 28.1. The lowest BCUT2D eigenvalue weighted by atomic mass is 9.87. The third kappa shape index (κ3) is 4.32. The summed E-state index contributed by atoms with van der Waals surface area (Å²) >= 11 is 1.99. The molecule has 0 radical (unpaired) electrons. The molecule has 0 bridgehead atoms. The summed E-state index contributed by atoms with van der Waals surface area (Å²) in [6, 6.07) is 15.8. The molecule has 1 saturated heterocycles. The molecule has 2 aromatic carbocycles. The highest BCUT2D eigenvalue weighted by Crippen LogP contribution is 2.54. The third-order valence-corrected chi connectivity index (χ3v) is 9.43. The number of hydrogen-bond acceptors (Lipinski definition) is 9. The molecule has 0 spiro atoms. The summed E-state index contributed by atoms with van der Waals surface area (Å²) in [6.07, 6.45) is 1.45. The van der Waals surface area contributed by atoms with E-state index in [-0.39, 0.29) is 22.8 Å². The predicted octanol–water partition coefficient (Wildman–Crippen LogP) is 4.15. The summed E-state index contributed by atoms with van der Waals surface area (Å²) in [4.78, 5) is 65.2. The van der Waals surface area contributed by atoms with Gasteiger partial charge in [-0.15, -0.1) is 0 Å². The van der Waals surface area contributed by atoms with Crippen LogP contribution in [0.5, 0.6) is 0 Å². The van der Waals surface area contributed by atoms with Gasteiger partial charge >= 0.3 is 4.87 Å². The fraction of sp³-hybridized carbons (Fsp3) is 0.185. The number of fused-ring (bicyclic) bond motifs is 2. The molecular weight excluding hydrogens is 556 g/mol. The fourth-order valence-electron chi connectivity index (χ4n) is 5.08. The highest BCUT2D eigenvalue weighted by Gasteiger charge is 2.57. The van der Waals surface area contributed by atoms with Gasteiger partial charge in [-0.3, -0.25) is 33.9 Å². The molecule has 2 aromatic heterocycles. The number of nitrogens with zero attached hydrogens (tertiary/aromatic N) is 3. The van der Waals surface area contributed by atoms with Crippen molar-refractivity contribution in [1.82, 2.24) is 4.57 Å². The second-order valence-electron chi connectivity index (χ2n) is 9.38. The lowest BCUT2D eigenvalue weighted by Crippen LogP contribution is -2.32. The molecule has 3 amide bonds. The zero-order valence-electron chi connectivity index (χ0n) is 20.8. The average Bonchev–Trinajstić information content (AvgIpc) is 3.61. The van der Waals surface area contributed by atoms with Crippen molar-refractivity contribution in [3.63, 3.8) is 0 Å². The zero-order valence-corrected chi connectivity index (χ0v) is 22.4. The predicted molar refractivity (Wildman–Crippen MR) is 148 cm³/mol. The van der Waals surface area contributed by atoms with Gasteiger partial charge in [0.2, 0.25) is 17.7 Å². The molecule has 4 aromatic rings. The number of benzene rings is 2. The first-order chi connectivity index (χ1) is 19.2. The van der Waals surface area contributed by atoms with Crippen molar-refractivity contribution in [2.75, 3.05) is 10.2 Å². The van der Waals surface area contributed by atoms with Crippen LogP contribution in [0.15, 0.2) is 81.2 Å². The Morgan fingerprint density at radius 3 is 2.52 bits per heavy atom. The van der Waals surface area contributed by atoms with Crippen LogP contribution in [0.4, 0.5) is 17.1 Å². The molecule has 2 aliphatic rings. The molecule has 0 aliphatic carbocycles. The molecule has 4 heterocycles. The molecule has 1 N–H and O–H groups in total. The summed E-state index contributed by atoms with van der Waals surface area (Å²) in [7, 11) is 0. The number of aryl methyl sites for hydroxylation is 1. The second kappa shape index (κ2) is 9.92. The molecule has 13 heteroatoms. The van der Waals surface area contributed by atoms with Crippen LogP contribution in [-0.4, -0.2) is 32.5 Å². The molecule has 1 fully saturated rings. The Morgan fingerprint density at radius 1 is 1.07 bits per heavy atom. The maximum Gasteiger partial charge on any atom is 0.308 e. The molecule has 0 saturated carbocycles. The van der Waals surface area contributed by atoms with Crippen molar-refractivity contribution in [2.45, 2.75) is 29.7 Å². The van der Waals surface area contributed by atoms with E-state index in [0.29, 0.717) is 21.4 Å². The number of aromatic nitrogens is 1. The summed E-state index contributed by atoms with van der Waals surface area (Å²) in [6.45, 7) is 1.62. The minimum absolute atomic E-state index is 0.168. The van der Waals surface area contributed by atoms with Gasteiger partial charge in [-0.25, -0.2) is 4.90 Å². The van der Waals surface area contributed by atoms with E-state index < -0.39 is 39.7 Å². The summed E-state index contributed by atoms with van der Waals surface area (Å²) in [5, 5.41) is 13.4. The lowest BCUT2D eigenvalue weighted by Gasteiger charge is -2.29. The monoisotopic (exact) mass is 576 g/mol. The number of non-ortho nitro benzene ring substituents is 1. The van der Waals surface area contributed by atoms with Crippen molar-refractivity contribution in [2.24, 2.45) is 5.92 Å². The number of thiazole rings is 1. The molecule has 202 valence electrons. The number of nitro groups is 1. The van der Waals surface area contributed by atoms with Crippen LogP contribution >= 0.6 is 23.1 Å². The van der Waals surface area contributed by atoms with E-state index in [1.165, 1.54) is 35.1 Å². The molecular formula is C27H20N4O7S2. The highest BCUT2D eigenvalue weighted by molar-refractivity contribution is 8.00. The first-order valence-electron chi connectivity index (χ1n) is 12.2. The minimum Gasteiger partial charge on any atom is -0.469 e. The fourth-order valence-corrected chi connectivity index (χ4v) is 7.83. The van der Waals surface area contributed by atoms with Crippen LogP contribution in [0.3, 0.4) is 0 Å². The van der Waals surface area contributed by atoms with Gasteiger partial charge in [0.05, 0.1) is 38.6 Å². The number of carbonyl (C=O) groups excluding carboxylic acids is 3. The van der Waals surface area contributed by atoms with Crippen LogP contribution < -0.4 is 15.1 Å². The van der Waals surface area contributed by atoms with E-state index in [0.717, 1.165) is 33.6 Å². The Balaban J connectivity index is 1.37. The summed E-state index contributed by atoms with van der Waals surface area (Å²) in [5.74, 6) is -2.60. The van der Waals surface area contributed by atoms with E-state index in [1.807, 2.05) is 25.1 Å². The van der Waals surface area contributed by atoms with Gasteiger partial charge < -0.3 is 9.73 Å². The number of nitro benzene ring substituents is 1. The maximum absolute atomic E-state index is 13.8. The Morgan fingerprint density at radius 2 is 1.85 bits per heavy atom. The van der Waals surface area contributed by atoms with Crippen LogP contribution in [0.1, 0.15) is 22.1 Å². The molecule has 3 atom stereocenters. The van der Waals surface area contributed by atoms with Gasteiger partial charge in [-0.05, 0) is 48.9 Å². The molecule has 2 aliphatic heterocycles. The first-order valence-corrected chi connectivity index (χ1v) is 13.8. The van der Waals surface area contributed by atoms with Gasteiger partial charge in [-0.2, -0.15) is 0 Å². The smallest absolute Gasteiger partial charge is 0.308 e. The van der Waals surface area contributed by atoms with E-state index >= 15 is 0 Å². The number of nitrogens with one attached hydrogen (secondary N) is 1. The first kappa shape index (κ1) is 25.8. The number of anilines is 2. The largest absolute Gasteiger partial charge is 0.469 e. The van der Waals surface area contributed by atoms with Gasteiger partial charge in [0, 0.05) is 17.8 Å². The van der Waals surface area contributed by atoms with Crippen LogP contribution in [0.2, 0.25) is 0 Å². The standard InChI is InChI=1S/C27H20N4O7S2/c1-14-4-2-5-15(12-14)28-19(32)13-29-26-23(40-27(29)35)20(18-6-3-11-38-18)21-22(39-26)25(34)30(24(21)33)16-7-9-17(10-8-16)31(36)37/h2-12,20-22H,13H2,1H3,(H,28,32)/t20-,21?,22?/m1/s1. The topological polar surface area (TPSA) is 145 Å². The summed E-state index contributed by atoms with van der Waals surface area (Å²) in [5.41, 5.74) is 1.61. The van der Waals surface area contributed by atoms with Gasteiger partial charge in [0.1, 0.15) is 17.6 Å². The van der Waals surface area contributed by atoms with Crippen LogP contribution in [0, 0.1) is 23.0 Å². The number of furan rings is 1. The van der Waals surface area contributed by atoms with E-state index in [1.54, 1.807) is 18.2 Å². The van der Waals surface area contributed by atoms with E-state index in [4.69, 9.17) is 4.42 Å². The highest BCUT2D eigenvalue weighted by atomic mass is 32.2. The van der Waals surface area contributed by atoms with Gasteiger partial charge in [0.25, 0.3) is 5.69 Å². The number of thioether (sulfide) groups is 1. The number of rotatable bonds is 6. The normalized spacial score (nSPS) is 19.8. The van der Waals surface area contributed by atoms with Crippen molar-refractivity contribution in [3.05, 3.63) is 103 Å². The number of hydrogen-bond donors (Lipinski definition) is 1. The molecule has 6 rings (SSSR count). The second-order valence-corrected chi connectivity index (χ2v) is 11.5. The Hall–Kier alpha value is -4.49. The SMILES string of the molecule is Cc1cccc(NC(=O)Cn2c3c(sc2=O)[C@H](c2ccco2)C2C(=O)N(c4ccc([N+](=O)[O-])cc4)C(=O)C2S3)c1. The molecule has 40 heavy (non-hydrogen) atoms. The molecule has 2 unspecified atom stereocenters. The number of imide groups is 1. The van der Waals surface area contributed by atoms with E-state index in [2.05, 4.69) is 5.32 Å². The quantitative estimate of drug-likeness (QED) is 0.205. The van der Waals surface area contributed by atoms with Crippen LogP contribution in [0.25, 0.3) is 0 Å². The van der Waals surface area contributed by atoms with Gasteiger partial charge in [0.15, 0.2) is 0 Å². The van der Waals surface area contributed by atoms with Crippen molar-refractivity contribution in [1.29, 1.82) is 0 Å². The van der Waals surface area contributed by atoms with Crippen LogP contribution in [-0.2, 0) is 20.9 Å². The van der Waals surface area contributed by atoms with Gasteiger partial charge in [-0.1, -0.05) is 35.2 Å². The Kier molecular flexibility index (Phi) is 6.39. The number of amides is 3. The third-order valence-electron chi connectivity index (χ3n) is 6.82. The van der Waals surface area contributed by atoms with Crippen molar-refractivity contribution in [3.8, 4) is 0 Å². The Labute approximate surface area is 234 Å². The average molecular weight is 577 g/mol. The van der Waals surface area contributed by atoms with Crippen molar-refractivity contribution < 1.29 is 23.7 Å². The summed E-state index contributed by atoms with van der Waals surface area (Å²) < 4.78 is 7.00. The number of carbonyl (C=O) groups is 3. The molecule has 11 nitrogen and oxygen atoms in total. The lowest BCUT2D eigenvalue weighted by molar-refractivity contribution is -0.384.